The summed E-state index contributed by atoms with van der Waals surface area (Å²) in [5.74, 6) is 1.74. The zero-order valence-electron chi connectivity index (χ0n) is 15.0. The molecular weight excluding hydrogens is 356 g/mol. The molecule has 136 valence electrons. The number of anilines is 1. The smallest absolute Gasteiger partial charge is 0.233 e. The van der Waals surface area contributed by atoms with Crippen molar-refractivity contribution in [1.29, 1.82) is 0 Å². The van der Waals surface area contributed by atoms with Gasteiger partial charge in [0.05, 0.1) is 12.9 Å². The van der Waals surface area contributed by atoms with E-state index in [9.17, 15) is 4.79 Å². The number of methoxy groups -OCH3 is 1. The Morgan fingerprint density at radius 3 is 2.92 bits per heavy atom. The third-order valence-corrected chi connectivity index (χ3v) is 5.37. The van der Waals surface area contributed by atoms with Crippen molar-refractivity contribution in [3.63, 3.8) is 0 Å². The molecule has 25 heavy (non-hydrogen) atoms. The Labute approximate surface area is 157 Å². The average molecular weight is 381 g/mol. The van der Waals surface area contributed by atoms with Crippen LogP contribution in [0.3, 0.4) is 0 Å². The minimum atomic E-state index is 0.0553. The molecule has 2 rings (SSSR count). The Balaban J connectivity index is 1.81. The monoisotopic (exact) mass is 380 g/mol. The van der Waals surface area contributed by atoms with Crippen molar-refractivity contribution in [2.75, 3.05) is 31.8 Å². The molecule has 8 heteroatoms. The number of hydrogen-bond acceptors (Lipinski definition) is 7. The first-order valence-electron chi connectivity index (χ1n) is 8.05. The molecule has 0 saturated heterocycles. The van der Waals surface area contributed by atoms with Crippen LogP contribution in [-0.4, -0.2) is 47.5 Å². The molecule has 1 aromatic heterocycles. The lowest BCUT2D eigenvalue weighted by atomic mass is 10.2. The van der Waals surface area contributed by atoms with E-state index < -0.39 is 0 Å². The first-order valence-corrected chi connectivity index (χ1v) is 9.85. The van der Waals surface area contributed by atoms with Crippen molar-refractivity contribution in [2.24, 2.45) is 5.92 Å². The van der Waals surface area contributed by atoms with Gasteiger partial charge >= 0.3 is 0 Å². The average Bonchev–Trinajstić information content (AvgIpc) is 3.06. The summed E-state index contributed by atoms with van der Waals surface area (Å²) in [5, 5.41) is 12.3. The molecule has 0 aliphatic carbocycles. The molecule has 1 aromatic carbocycles. The summed E-state index contributed by atoms with van der Waals surface area (Å²) in [7, 11) is 3.44. The van der Waals surface area contributed by atoms with E-state index in [0.29, 0.717) is 18.2 Å². The summed E-state index contributed by atoms with van der Waals surface area (Å²) >= 11 is 2.90. The number of thioether (sulfide) groups is 1. The summed E-state index contributed by atoms with van der Waals surface area (Å²) in [6.07, 6.45) is 0. The molecule has 1 heterocycles. The van der Waals surface area contributed by atoms with Crippen LogP contribution in [0.15, 0.2) is 28.6 Å². The van der Waals surface area contributed by atoms with E-state index in [1.807, 2.05) is 24.3 Å². The van der Waals surface area contributed by atoms with Gasteiger partial charge < -0.3 is 15.0 Å². The highest BCUT2D eigenvalue weighted by molar-refractivity contribution is 8.01. The van der Waals surface area contributed by atoms with Crippen LogP contribution in [-0.2, 0) is 11.3 Å². The summed E-state index contributed by atoms with van der Waals surface area (Å²) in [6.45, 7) is 5.69. The number of carbonyl (C=O) groups is 1. The van der Waals surface area contributed by atoms with Crippen molar-refractivity contribution < 1.29 is 9.53 Å². The number of amides is 1. The number of ether oxygens (including phenoxy) is 1. The van der Waals surface area contributed by atoms with Crippen molar-refractivity contribution >= 4 is 34.1 Å². The van der Waals surface area contributed by atoms with Crippen molar-refractivity contribution in [3.05, 3.63) is 29.8 Å². The lowest BCUT2D eigenvalue weighted by molar-refractivity contribution is -0.127. The molecule has 0 aliphatic heterocycles. The normalized spacial score (nSPS) is 10.8. The van der Waals surface area contributed by atoms with E-state index in [0.717, 1.165) is 27.3 Å². The molecule has 0 spiro atoms. The second kappa shape index (κ2) is 9.62. The van der Waals surface area contributed by atoms with E-state index in [4.69, 9.17) is 4.74 Å². The minimum Gasteiger partial charge on any atom is -0.497 e. The number of nitrogens with zero attached hydrogens (tertiary/aromatic N) is 3. The van der Waals surface area contributed by atoms with Gasteiger partial charge in [0, 0.05) is 20.1 Å². The number of rotatable bonds is 9. The predicted octanol–water partition coefficient (Wildman–Crippen LogP) is 3.37. The zero-order chi connectivity index (χ0) is 18.2. The number of carbonyl (C=O) groups excluding carboxylic acids is 1. The first-order chi connectivity index (χ1) is 12.0. The lowest BCUT2D eigenvalue weighted by Crippen LogP contribution is -2.27. The van der Waals surface area contributed by atoms with Gasteiger partial charge in [0.15, 0.2) is 4.34 Å². The van der Waals surface area contributed by atoms with Gasteiger partial charge in [0.25, 0.3) is 0 Å². The summed E-state index contributed by atoms with van der Waals surface area (Å²) in [5.41, 5.74) is 1.04. The first kappa shape index (κ1) is 19.5. The largest absolute Gasteiger partial charge is 0.497 e. The lowest BCUT2D eigenvalue weighted by Gasteiger charge is -2.17. The van der Waals surface area contributed by atoms with Crippen LogP contribution >= 0.6 is 23.1 Å². The topological polar surface area (TPSA) is 67.3 Å². The maximum atomic E-state index is 12.3. The Morgan fingerprint density at radius 2 is 2.20 bits per heavy atom. The van der Waals surface area contributed by atoms with Crippen molar-refractivity contribution in [1.82, 2.24) is 15.1 Å². The molecule has 0 atom stereocenters. The number of nitrogens with one attached hydrogen (secondary N) is 1. The fourth-order valence-electron chi connectivity index (χ4n) is 2.00. The van der Waals surface area contributed by atoms with E-state index in [-0.39, 0.29) is 5.91 Å². The predicted molar refractivity (Wildman–Crippen MR) is 103 cm³/mol. The van der Waals surface area contributed by atoms with Crippen LogP contribution < -0.4 is 10.1 Å². The van der Waals surface area contributed by atoms with Crippen LogP contribution in [0, 0.1) is 5.92 Å². The Bertz CT molecular complexity index is 691. The minimum absolute atomic E-state index is 0.0553. The van der Waals surface area contributed by atoms with Crippen LogP contribution in [0.25, 0.3) is 0 Å². The van der Waals surface area contributed by atoms with Crippen molar-refractivity contribution in [3.8, 4) is 5.75 Å². The summed E-state index contributed by atoms with van der Waals surface area (Å²) in [4.78, 5) is 14.0. The van der Waals surface area contributed by atoms with Gasteiger partial charge in [-0.2, -0.15) is 0 Å². The van der Waals surface area contributed by atoms with Gasteiger partial charge in [-0.1, -0.05) is 49.1 Å². The molecule has 1 N–H and O–H groups in total. The molecule has 2 aromatic rings. The fraction of sp³-hybridized carbons (Fsp3) is 0.471. The van der Waals surface area contributed by atoms with Crippen LogP contribution in [0.4, 0.5) is 5.13 Å². The maximum Gasteiger partial charge on any atom is 0.233 e. The SMILES string of the molecule is COc1cccc(CN(C)C(=O)CSc2nnc(NCC(C)C)s2)c1. The molecule has 6 nitrogen and oxygen atoms in total. The molecular formula is C17H24N4O2S2. The molecule has 1 amide bonds. The van der Waals surface area contributed by atoms with Gasteiger partial charge in [-0.15, -0.1) is 10.2 Å². The van der Waals surface area contributed by atoms with E-state index in [1.165, 1.54) is 23.1 Å². The highest BCUT2D eigenvalue weighted by Crippen LogP contribution is 2.26. The third-order valence-electron chi connectivity index (χ3n) is 3.37. The molecule has 0 bridgehead atoms. The highest BCUT2D eigenvalue weighted by Gasteiger charge is 2.13. The third kappa shape index (κ3) is 6.55. The number of hydrogen-bond donors (Lipinski definition) is 1. The second-order valence-electron chi connectivity index (χ2n) is 6.04. The quantitative estimate of drug-likeness (QED) is 0.673. The Kier molecular flexibility index (Phi) is 7.52. The molecule has 0 aliphatic rings. The zero-order valence-corrected chi connectivity index (χ0v) is 16.6. The van der Waals surface area contributed by atoms with Crippen molar-refractivity contribution in [2.45, 2.75) is 24.7 Å². The van der Waals surface area contributed by atoms with Crippen LogP contribution in [0.2, 0.25) is 0 Å². The van der Waals surface area contributed by atoms with Crippen LogP contribution in [0.5, 0.6) is 5.75 Å². The number of benzene rings is 1. The fourth-order valence-corrected chi connectivity index (χ4v) is 3.70. The van der Waals surface area contributed by atoms with Gasteiger partial charge in [-0.05, 0) is 23.6 Å². The van der Waals surface area contributed by atoms with Gasteiger partial charge in [0.2, 0.25) is 11.0 Å². The van der Waals surface area contributed by atoms with Gasteiger partial charge in [-0.3, -0.25) is 4.79 Å². The molecule has 0 fully saturated rings. The highest BCUT2D eigenvalue weighted by atomic mass is 32.2. The Hall–Kier alpha value is -1.80. The summed E-state index contributed by atoms with van der Waals surface area (Å²) in [6, 6.07) is 7.74. The molecule has 0 unspecified atom stereocenters. The van der Waals surface area contributed by atoms with Gasteiger partial charge in [0.1, 0.15) is 5.75 Å². The maximum absolute atomic E-state index is 12.3. The van der Waals surface area contributed by atoms with E-state index >= 15 is 0 Å². The number of aromatic nitrogens is 2. The van der Waals surface area contributed by atoms with Crippen LogP contribution in [0.1, 0.15) is 19.4 Å². The Morgan fingerprint density at radius 1 is 1.40 bits per heavy atom. The van der Waals surface area contributed by atoms with E-state index in [2.05, 4.69) is 29.4 Å². The molecule has 0 saturated carbocycles. The standard InChI is InChI=1S/C17H24N4O2S2/c1-12(2)9-18-16-19-20-17(25-16)24-11-15(22)21(3)10-13-6-5-7-14(8-13)23-4/h5-8,12H,9-11H2,1-4H3,(H,18,19). The molecule has 0 radical (unpaired) electrons. The van der Waals surface area contributed by atoms with E-state index in [1.54, 1.807) is 19.1 Å². The van der Waals surface area contributed by atoms with Gasteiger partial charge in [-0.25, -0.2) is 0 Å². The second-order valence-corrected chi connectivity index (χ2v) is 8.24. The summed E-state index contributed by atoms with van der Waals surface area (Å²) < 4.78 is 6.01.